The van der Waals surface area contributed by atoms with Crippen LogP contribution in [0.25, 0.3) is 17.0 Å². The molecule has 0 unspecified atom stereocenters. The van der Waals surface area contributed by atoms with Crippen molar-refractivity contribution in [2.24, 2.45) is 4.99 Å². The third-order valence-corrected chi connectivity index (χ3v) is 3.92. The summed E-state index contributed by atoms with van der Waals surface area (Å²) >= 11 is 0. The number of hydrogen-bond acceptors (Lipinski definition) is 5. The van der Waals surface area contributed by atoms with Crippen molar-refractivity contribution in [2.75, 3.05) is 13.2 Å². The van der Waals surface area contributed by atoms with E-state index in [1.807, 2.05) is 66.8 Å². The van der Waals surface area contributed by atoms with E-state index in [2.05, 4.69) is 9.97 Å². The molecule has 0 spiro atoms. The first-order chi connectivity index (χ1) is 12.9. The largest absolute Gasteiger partial charge is 0.497 e. The molecule has 0 radical (unpaired) electrons. The highest BCUT2D eigenvalue weighted by molar-refractivity contribution is 5.88. The summed E-state index contributed by atoms with van der Waals surface area (Å²) in [6, 6.07) is 13.7. The highest BCUT2D eigenvalue weighted by atomic mass is 16.5. The number of rotatable bonds is 0. The predicted octanol–water partition coefficient (Wildman–Crippen LogP) is 2.84. The van der Waals surface area contributed by atoms with Crippen molar-refractivity contribution >= 4 is 22.8 Å². The van der Waals surface area contributed by atoms with E-state index in [-0.39, 0.29) is 0 Å². The quantitative estimate of drug-likeness (QED) is 0.630. The Bertz CT molecular complexity index is 1100. The molecule has 0 amide bonds. The summed E-state index contributed by atoms with van der Waals surface area (Å²) in [5.74, 6) is 1.37. The van der Waals surface area contributed by atoms with Crippen LogP contribution >= 0.6 is 0 Å². The maximum absolute atomic E-state index is 5.77. The predicted molar refractivity (Wildman–Crippen MR) is 101 cm³/mol. The fraction of sp³-hybridized carbons (Fsp3) is 0.0952. The normalized spacial score (nSPS) is 15.3. The number of aromatic nitrogens is 2. The number of nitrogens with zero attached hydrogens (tertiary/aromatic N) is 3. The van der Waals surface area contributed by atoms with Crippen molar-refractivity contribution in [1.29, 1.82) is 0 Å². The van der Waals surface area contributed by atoms with Crippen LogP contribution in [0, 0.1) is 0 Å². The molecule has 0 aliphatic carbocycles. The molecule has 3 aromatic rings. The standard InChI is InChI=1S/C21H17N3O2/c1-4-11-25-13-10-16-6-2-3-7-19(16)24-21-18-14-17(26-12-5-1)8-9-20(18)22-15-23-21/h1-11,14-15H,12-13H2/b5-1?,11-4?,16-10+,24-19?. The van der Waals surface area contributed by atoms with Crippen molar-refractivity contribution in [3.05, 3.63) is 83.9 Å². The number of hydrogen-bond donors (Lipinski definition) is 0. The number of fused-ring (bicyclic) bond motifs is 2. The Morgan fingerprint density at radius 3 is 2.88 bits per heavy atom. The topological polar surface area (TPSA) is 56.6 Å². The zero-order chi connectivity index (χ0) is 17.6. The van der Waals surface area contributed by atoms with Crippen molar-refractivity contribution < 1.29 is 9.47 Å². The Morgan fingerprint density at radius 1 is 0.923 bits per heavy atom. The summed E-state index contributed by atoms with van der Waals surface area (Å²) in [4.78, 5) is 13.5. The highest BCUT2D eigenvalue weighted by Crippen LogP contribution is 2.25. The highest BCUT2D eigenvalue weighted by Gasteiger charge is 2.05. The minimum Gasteiger partial charge on any atom is -0.497 e. The van der Waals surface area contributed by atoms with Gasteiger partial charge >= 0.3 is 0 Å². The zero-order valence-corrected chi connectivity index (χ0v) is 14.1. The molecular weight excluding hydrogens is 326 g/mol. The van der Waals surface area contributed by atoms with E-state index in [1.54, 1.807) is 6.26 Å². The van der Waals surface area contributed by atoms with Crippen molar-refractivity contribution in [3.63, 3.8) is 0 Å². The smallest absolute Gasteiger partial charge is 0.163 e. The van der Waals surface area contributed by atoms with Gasteiger partial charge in [0.2, 0.25) is 0 Å². The maximum atomic E-state index is 5.77. The molecule has 0 fully saturated rings. The first kappa shape index (κ1) is 16.0. The van der Waals surface area contributed by atoms with Gasteiger partial charge in [-0.05, 0) is 47.7 Å². The second-order valence-electron chi connectivity index (χ2n) is 5.65. The van der Waals surface area contributed by atoms with Gasteiger partial charge < -0.3 is 9.47 Å². The Morgan fingerprint density at radius 2 is 1.88 bits per heavy atom. The molecule has 0 atom stereocenters. The van der Waals surface area contributed by atoms with E-state index in [9.17, 15) is 0 Å². The van der Waals surface area contributed by atoms with E-state index < -0.39 is 0 Å². The molecule has 5 heteroatoms. The molecule has 0 N–H and O–H groups in total. The van der Waals surface area contributed by atoms with Crippen LogP contribution in [0.3, 0.4) is 0 Å². The lowest BCUT2D eigenvalue weighted by atomic mass is 10.2. The van der Waals surface area contributed by atoms with Gasteiger partial charge in [0.05, 0.1) is 17.1 Å². The molecule has 128 valence electrons. The molecule has 2 bridgehead atoms. The molecule has 1 aliphatic rings. The lowest BCUT2D eigenvalue weighted by Crippen LogP contribution is -2.24. The van der Waals surface area contributed by atoms with Crippen LogP contribution in [0.4, 0.5) is 5.82 Å². The fourth-order valence-corrected chi connectivity index (χ4v) is 2.65. The van der Waals surface area contributed by atoms with Crippen molar-refractivity contribution in [1.82, 2.24) is 9.97 Å². The van der Waals surface area contributed by atoms with Gasteiger partial charge in [-0.25, -0.2) is 15.0 Å². The summed E-state index contributed by atoms with van der Waals surface area (Å²) in [5.41, 5.74) is 0.829. The van der Waals surface area contributed by atoms with Crippen LogP contribution in [-0.2, 0) is 4.74 Å². The van der Waals surface area contributed by atoms with Gasteiger partial charge in [-0.1, -0.05) is 24.3 Å². The van der Waals surface area contributed by atoms with E-state index in [0.29, 0.717) is 19.0 Å². The Labute approximate surface area is 150 Å². The van der Waals surface area contributed by atoms with Crippen LogP contribution in [0.1, 0.15) is 0 Å². The van der Waals surface area contributed by atoms with Gasteiger partial charge in [0.25, 0.3) is 0 Å². The fourth-order valence-electron chi connectivity index (χ4n) is 2.65. The second-order valence-corrected chi connectivity index (χ2v) is 5.65. The second kappa shape index (κ2) is 7.61. The van der Waals surface area contributed by atoms with Gasteiger partial charge in [-0.15, -0.1) is 0 Å². The molecule has 0 saturated heterocycles. The Kier molecular flexibility index (Phi) is 4.69. The summed E-state index contributed by atoms with van der Waals surface area (Å²) in [6.45, 7) is 0.924. The SMILES string of the molecule is C1=CCOc2ccc3ncnc(c3c2)N=c2cccc/c2=C\COC=C1. The molecule has 26 heavy (non-hydrogen) atoms. The van der Waals surface area contributed by atoms with E-state index in [0.717, 1.165) is 27.2 Å². The molecule has 4 rings (SSSR count). The third-order valence-electron chi connectivity index (χ3n) is 3.92. The van der Waals surface area contributed by atoms with Crippen molar-refractivity contribution in [2.45, 2.75) is 0 Å². The first-order valence-corrected chi connectivity index (χ1v) is 8.35. The average Bonchev–Trinajstić information content (AvgIpc) is 2.67. The van der Waals surface area contributed by atoms with E-state index in [1.165, 1.54) is 6.33 Å². The first-order valence-electron chi connectivity index (χ1n) is 8.35. The molecule has 2 heterocycles. The number of ether oxygens (including phenoxy) is 2. The third kappa shape index (κ3) is 3.62. The minimum absolute atomic E-state index is 0.460. The van der Waals surface area contributed by atoms with E-state index in [4.69, 9.17) is 14.5 Å². The van der Waals surface area contributed by atoms with Gasteiger partial charge in [0, 0.05) is 5.39 Å². The van der Waals surface area contributed by atoms with Gasteiger partial charge in [-0.3, -0.25) is 0 Å². The average molecular weight is 343 g/mol. The van der Waals surface area contributed by atoms with Gasteiger partial charge in [-0.2, -0.15) is 0 Å². The summed E-state index contributed by atoms with van der Waals surface area (Å²) < 4.78 is 11.3. The molecule has 2 aromatic carbocycles. The minimum atomic E-state index is 0.460. The van der Waals surface area contributed by atoms with Crippen LogP contribution in [0.15, 0.2) is 78.3 Å². The Balaban J connectivity index is 1.92. The lowest BCUT2D eigenvalue weighted by molar-refractivity contribution is 0.300. The maximum Gasteiger partial charge on any atom is 0.163 e. The van der Waals surface area contributed by atoms with E-state index >= 15 is 0 Å². The number of benzene rings is 2. The van der Waals surface area contributed by atoms with Crippen LogP contribution in [-0.4, -0.2) is 23.2 Å². The van der Waals surface area contributed by atoms with Gasteiger partial charge in [0.15, 0.2) is 5.82 Å². The summed E-state index contributed by atoms with van der Waals surface area (Å²) in [7, 11) is 0. The molecule has 0 saturated carbocycles. The number of allylic oxidation sites excluding steroid dienone is 2. The molecule has 1 aromatic heterocycles. The zero-order valence-electron chi connectivity index (χ0n) is 14.1. The molecule has 1 aliphatic heterocycles. The lowest BCUT2D eigenvalue weighted by Gasteiger charge is -2.06. The van der Waals surface area contributed by atoms with Crippen LogP contribution in [0.2, 0.25) is 0 Å². The van der Waals surface area contributed by atoms with Gasteiger partial charge in [0.1, 0.15) is 25.3 Å². The summed E-state index contributed by atoms with van der Waals surface area (Å²) in [5, 5.41) is 2.67. The van der Waals surface area contributed by atoms with Crippen molar-refractivity contribution in [3.8, 4) is 5.75 Å². The van der Waals surface area contributed by atoms with Crippen LogP contribution in [0.5, 0.6) is 5.75 Å². The summed E-state index contributed by atoms with van der Waals surface area (Å²) in [6.07, 6.45) is 10.8. The number of para-hydroxylation sites is 1. The molecule has 5 nitrogen and oxygen atoms in total. The van der Waals surface area contributed by atoms with Crippen LogP contribution < -0.4 is 15.3 Å². The Hall–Kier alpha value is -3.47. The molecular formula is C21H17N3O2. The monoisotopic (exact) mass is 343 g/mol.